The number of likely N-dealkylation sites (N-methyl/N-ethyl adjacent to an activating group) is 1. The molecule has 7 heteroatoms. The number of aliphatic hydroxyl groups excluding tert-OH is 1. The van der Waals surface area contributed by atoms with Gasteiger partial charge in [0.05, 0.1) is 26.3 Å². The van der Waals surface area contributed by atoms with Gasteiger partial charge in [-0.05, 0) is 53.7 Å². The van der Waals surface area contributed by atoms with Gasteiger partial charge >= 0.3 is 0 Å². The number of halogens is 2. The smallest absolute Gasteiger partial charge is 0.123 e. The molecule has 0 saturated heterocycles. The highest BCUT2D eigenvalue weighted by Crippen LogP contribution is 2.31. The van der Waals surface area contributed by atoms with Crippen molar-refractivity contribution in [3.8, 4) is 0 Å². The van der Waals surface area contributed by atoms with Gasteiger partial charge in [-0.1, -0.05) is 11.6 Å². The van der Waals surface area contributed by atoms with Crippen LogP contribution in [0, 0.1) is 2.88 Å². The molecule has 0 spiro atoms. The Morgan fingerprint density at radius 2 is 2.32 bits per heavy atom. The minimum atomic E-state index is -0.725. The maximum absolute atomic E-state index is 10.5. The summed E-state index contributed by atoms with van der Waals surface area (Å²) in [6.45, 7) is 1.55. The third kappa shape index (κ3) is 3.69. The Bertz CT molecular complexity index is 555. The first-order chi connectivity index (χ1) is 8.99. The second kappa shape index (κ2) is 6.53. The van der Waals surface area contributed by atoms with Gasteiger partial charge in [-0.2, -0.15) is 5.10 Å². The molecule has 2 aromatic rings. The largest absolute Gasteiger partial charge is 0.382 e. The second-order valence-corrected chi connectivity index (χ2v) is 7.70. The van der Waals surface area contributed by atoms with Crippen LogP contribution < -0.4 is 0 Å². The zero-order valence-electron chi connectivity index (χ0n) is 10.7. The fraction of sp³-hybridized carbons (Fsp3) is 0.417. The first-order valence-electron chi connectivity index (χ1n) is 5.77. The lowest BCUT2D eigenvalue weighted by Crippen LogP contribution is -2.21. The molecule has 2 heterocycles. The summed E-state index contributed by atoms with van der Waals surface area (Å²) in [5.74, 6) is 0. The Balaban J connectivity index is 2.25. The minimum Gasteiger partial charge on any atom is -0.382 e. The van der Waals surface area contributed by atoms with E-state index in [0.29, 0.717) is 17.3 Å². The first kappa shape index (κ1) is 15.2. The van der Waals surface area contributed by atoms with Gasteiger partial charge in [0.25, 0.3) is 0 Å². The summed E-state index contributed by atoms with van der Waals surface area (Å²) in [6.07, 6.45) is 0.865. The number of hydrogen-bond acceptors (Lipinski definition) is 4. The molecule has 0 fully saturated rings. The predicted octanol–water partition coefficient (Wildman–Crippen LogP) is 2.85. The van der Waals surface area contributed by atoms with Crippen LogP contribution in [0.5, 0.6) is 0 Å². The fourth-order valence-electron chi connectivity index (χ4n) is 1.74. The van der Waals surface area contributed by atoms with E-state index in [1.807, 2.05) is 25.5 Å². The van der Waals surface area contributed by atoms with Gasteiger partial charge in [0.1, 0.15) is 6.10 Å². The minimum absolute atomic E-state index is 0.507. The van der Waals surface area contributed by atoms with Crippen LogP contribution in [0.2, 0.25) is 5.02 Å². The van der Waals surface area contributed by atoms with Crippen LogP contribution in [-0.4, -0.2) is 40.4 Å². The molecule has 1 atom stereocenters. The Hall–Kier alpha value is -0.150. The molecule has 2 rings (SSSR count). The van der Waals surface area contributed by atoms with Crippen LogP contribution in [0.15, 0.2) is 17.6 Å². The maximum atomic E-state index is 10.5. The van der Waals surface area contributed by atoms with Gasteiger partial charge in [-0.15, -0.1) is 11.3 Å². The van der Waals surface area contributed by atoms with E-state index in [0.717, 1.165) is 15.0 Å². The van der Waals surface area contributed by atoms with Crippen molar-refractivity contribution in [3.05, 3.63) is 36.8 Å². The maximum Gasteiger partial charge on any atom is 0.123 e. The zero-order valence-corrected chi connectivity index (χ0v) is 14.4. The topological polar surface area (TPSA) is 41.3 Å². The third-order valence-corrected chi connectivity index (χ3v) is 4.85. The summed E-state index contributed by atoms with van der Waals surface area (Å²) in [5.41, 5.74) is 1.53. The monoisotopic (exact) mass is 411 g/mol. The SMILES string of the molecule is CN(C)CCn1ncc(Cl)c1C(O)c1csc(I)c1. The summed E-state index contributed by atoms with van der Waals surface area (Å²) < 4.78 is 2.92. The van der Waals surface area contributed by atoms with Gasteiger partial charge < -0.3 is 10.0 Å². The fourth-order valence-corrected chi connectivity index (χ4v) is 3.38. The van der Waals surface area contributed by atoms with E-state index in [9.17, 15) is 5.11 Å². The molecule has 0 aromatic carbocycles. The quantitative estimate of drug-likeness (QED) is 0.769. The molecule has 0 radical (unpaired) electrons. The van der Waals surface area contributed by atoms with Crippen molar-refractivity contribution in [1.29, 1.82) is 0 Å². The molecule has 0 amide bonds. The molecule has 0 saturated carbocycles. The van der Waals surface area contributed by atoms with Gasteiger partial charge in [0, 0.05) is 6.54 Å². The van der Waals surface area contributed by atoms with Crippen molar-refractivity contribution in [2.75, 3.05) is 20.6 Å². The third-order valence-electron chi connectivity index (χ3n) is 2.75. The number of thiophene rings is 1. The summed E-state index contributed by atoms with van der Waals surface area (Å²) >= 11 is 10.0. The lowest BCUT2D eigenvalue weighted by molar-refractivity contribution is 0.206. The van der Waals surface area contributed by atoms with Crippen LogP contribution in [0.4, 0.5) is 0 Å². The van der Waals surface area contributed by atoms with Gasteiger partial charge in [0.15, 0.2) is 0 Å². The van der Waals surface area contributed by atoms with Gasteiger partial charge in [-0.25, -0.2) is 0 Å². The molecular formula is C12H15ClIN3OS. The van der Waals surface area contributed by atoms with E-state index in [4.69, 9.17) is 11.6 Å². The summed E-state index contributed by atoms with van der Waals surface area (Å²) in [4.78, 5) is 2.07. The average Bonchev–Trinajstić information content (AvgIpc) is 2.92. The first-order valence-corrected chi connectivity index (χ1v) is 8.10. The van der Waals surface area contributed by atoms with E-state index in [2.05, 4.69) is 32.6 Å². The summed E-state index contributed by atoms with van der Waals surface area (Å²) in [5, 5.41) is 17.2. The van der Waals surface area contributed by atoms with Crippen molar-refractivity contribution < 1.29 is 5.11 Å². The molecular weight excluding hydrogens is 397 g/mol. The van der Waals surface area contributed by atoms with Crippen LogP contribution in [0.25, 0.3) is 0 Å². The Labute approximate surface area is 135 Å². The molecule has 0 aliphatic heterocycles. The van der Waals surface area contributed by atoms with Crippen molar-refractivity contribution >= 4 is 45.5 Å². The molecule has 19 heavy (non-hydrogen) atoms. The van der Waals surface area contributed by atoms with E-state index in [1.54, 1.807) is 22.2 Å². The molecule has 4 nitrogen and oxygen atoms in total. The highest BCUT2D eigenvalue weighted by Gasteiger charge is 2.20. The highest BCUT2D eigenvalue weighted by molar-refractivity contribution is 14.1. The van der Waals surface area contributed by atoms with Crippen LogP contribution in [0.3, 0.4) is 0 Å². The van der Waals surface area contributed by atoms with Crippen LogP contribution in [-0.2, 0) is 6.54 Å². The van der Waals surface area contributed by atoms with Crippen molar-refractivity contribution in [3.63, 3.8) is 0 Å². The standard InChI is InChI=1S/C12H15ClIN3OS/c1-16(2)3-4-17-11(9(13)6-15-17)12(18)8-5-10(14)19-7-8/h5-7,12,18H,3-4H2,1-2H3. The number of nitrogens with zero attached hydrogens (tertiary/aromatic N) is 3. The van der Waals surface area contributed by atoms with Gasteiger partial charge in [0.2, 0.25) is 0 Å². The van der Waals surface area contributed by atoms with Crippen molar-refractivity contribution in [2.45, 2.75) is 12.6 Å². The van der Waals surface area contributed by atoms with Crippen LogP contribution >= 0.6 is 45.5 Å². The summed E-state index contributed by atoms with van der Waals surface area (Å²) in [6, 6.07) is 1.97. The van der Waals surface area contributed by atoms with Crippen LogP contribution in [0.1, 0.15) is 17.4 Å². The molecule has 1 N–H and O–H groups in total. The molecule has 2 aromatic heterocycles. The van der Waals surface area contributed by atoms with E-state index < -0.39 is 6.10 Å². The van der Waals surface area contributed by atoms with E-state index >= 15 is 0 Å². The second-order valence-electron chi connectivity index (χ2n) is 4.49. The molecule has 0 aliphatic rings. The molecule has 0 bridgehead atoms. The lowest BCUT2D eigenvalue weighted by Gasteiger charge is -2.15. The number of aliphatic hydroxyl groups is 1. The molecule has 0 aliphatic carbocycles. The highest BCUT2D eigenvalue weighted by atomic mass is 127. The number of hydrogen-bond donors (Lipinski definition) is 1. The van der Waals surface area contributed by atoms with Crippen molar-refractivity contribution in [1.82, 2.24) is 14.7 Å². The van der Waals surface area contributed by atoms with Crippen molar-refractivity contribution in [2.24, 2.45) is 0 Å². The number of aromatic nitrogens is 2. The van der Waals surface area contributed by atoms with E-state index in [-0.39, 0.29) is 0 Å². The normalized spacial score (nSPS) is 13.2. The average molecular weight is 412 g/mol. The lowest BCUT2D eigenvalue weighted by atomic mass is 10.1. The predicted molar refractivity (Wildman–Crippen MR) is 86.9 cm³/mol. The Kier molecular flexibility index (Phi) is 5.24. The van der Waals surface area contributed by atoms with Gasteiger partial charge in [-0.3, -0.25) is 4.68 Å². The summed E-state index contributed by atoms with van der Waals surface area (Å²) in [7, 11) is 4.00. The Morgan fingerprint density at radius 1 is 1.58 bits per heavy atom. The zero-order chi connectivity index (χ0) is 14.0. The molecule has 1 unspecified atom stereocenters. The number of rotatable bonds is 5. The van der Waals surface area contributed by atoms with E-state index in [1.165, 1.54) is 0 Å². The molecule has 104 valence electrons. The Morgan fingerprint density at radius 3 is 2.89 bits per heavy atom.